The van der Waals surface area contributed by atoms with E-state index < -0.39 is 46.4 Å². The van der Waals surface area contributed by atoms with E-state index in [0.29, 0.717) is 17.0 Å². The molecule has 4 heterocycles. The van der Waals surface area contributed by atoms with Crippen LogP contribution in [0.4, 0.5) is 23.5 Å². The van der Waals surface area contributed by atoms with E-state index in [-0.39, 0.29) is 19.0 Å². The van der Waals surface area contributed by atoms with Gasteiger partial charge < -0.3 is 4.90 Å². The van der Waals surface area contributed by atoms with Crippen molar-refractivity contribution in [2.75, 3.05) is 30.8 Å². The van der Waals surface area contributed by atoms with Gasteiger partial charge in [0.25, 0.3) is 12.3 Å². The Morgan fingerprint density at radius 1 is 1.21 bits per heavy atom. The molecule has 0 saturated carbocycles. The second kappa shape index (κ2) is 8.48. The first-order chi connectivity index (χ1) is 15.5. The predicted molar refractivity (Wildman–Crippen MR) is 112 cm³/mol. The Bertz CT molecular complexity index is 1270. The number of hydrogen-bond acceptors (Lipinski definition) is 7. The average molecular weight is 487 g/mol. The van der Waals surface area contributed by atoms with Crippen LogP contribution in [0, 0.1) is 11.8 Å². The minimum absolute atomic E-state index is 0.0432. The second-order valence-electron chi connectivity index (χ2n) is 8.02. The van der Waals surface area contributed by atoms with Crippen LogP contribution in [-0.2, 0) is 10.0 Å². The molecule has 4 rings (SSSR count). The zero-order valence-corrected chi connectivity index (χ0v) is 18.5. The van der Waals surface area contributed by atoms with Crippen LogP contribution >= 0.6 is 0 Å². The summed E-state index contributed by atoms with van der Waals surface area (Å²) in [6.07, 6.45) is 3.42. The summed E-state index contributed by atoms with van der Waals surface area (Å²) in [5, 5.41) is 0. The third kappa shape index (κ3) is 4.76. The lowest BCUT2D eigenvalue weighted by atomic mass is 9.86. The highest BCUT2D eigenvalue weighted by atomic mass is 32.2. The highest BCUT2D eigenvalue weighted by Gasteiger charge is 2.50. The molecule has 0 aromatic carbocycles. The molecule has 2 atom stereocenters. The van der Waals surface area contributed by atoms with E-state index in [1.54, 1.807) is 11.0 Å². The number of anilines is 1. The van der Waals surface area contributed by atoms with Crippen LogP contribution in [0.1, 0.15) is 19.0 Å². The van der Waals surface area contributed by atoms with Gasteiger partial charge >= 0.3 is 0 Å². The minimum atomic E-state index is -3.64. The fraction of sp³-hybridized carbons (Fsp3) is 0.474. The van der Waals surface area contributed by atoms with Crippen LogP contribution in [0.15, 0.2) is 30.9 Å². The third-order valence-electron chi connectivity index (χ3n) is 5.56. The van der Waals surface area contributed by atoms with Crippen molar-refractivity contribution in [1.29, 1.82) is 0 Å². The molecule has 14 heteroatoms. The molecule has 1 N–H and O–H groups in total. The van der Waals surface area contributed by atoms with E-state index in [0.717, 1.165) is 6.26 Å². The summed E-state index contributed by atoms with van der Waals surface area (Å²) < 4.78 is 82.0. The first kappa shape index (κ1) is 23.3. The van der Waals surface area contributed by atoms with E-state index in [1.165, 1.54) is 36.1 Å². The monoisotopic (exact) mass is 487 g/mol. The van der Waals surface area contributed by atoms with Gasteiger partial charge in [-0.2, -0.15) is 0 Å². The Balaban J connectivity index is 1.65. The standard InChI is InChI=1S/C19H21F4N7O2S/c1-11-8-29(9-12(19(11,22)23)5-27-33(2,31)32)18-24-4-3-13(28-18)15-6-26-16-7-25-14(17(20)21)10-30(15)16/h3-4,6-7,10-12,17,27H,5,8-9H2,1-2H3. The fourth-order valence-electron chi connectivity index (χ4n) is 3.78. The molecule has 0 spiro atoms. The molecule has 0 bridgehead atoms. The summed E-state index contributed by atoms with van der Waals surface area (Å²) in [6, 6.07) is 1.56. The van der Waals surface area contributed by atoms with E-state index in [9.17, 15) is 26.0 Å². The molecule has 1 fully saturated rings. The van der Waals surface area contributed by atoms with E-state index in [4.69, 9.17) is 0 Å². The normalized spacial score (nSPS) is 21.1. The van der Waals surface area contributed by atoms with Crippen molar-refractivity contribution in [3.8, 4) is 11.4 Å². The molecule has 9 nitrogen and oxygen atoms in total. The summed E-state index contributed by atoms with van der Waals surface area (Å²) in [7, 11) is -3.64. The lowest BCUT2D eigenvalue weighted by Gasteiger charge is -2.42. The topological polar surface area (TPSA) is 105 Å². The number of aromatic nitrogens is 5. The third-order valence-corrected chi connectivity index (χ3v) is 6.25. The zero-order valence-electron chi connectivity index (χ0n) is 17.7. The highest BCUT2D eigenvalue weighted by molar-refractivity contribution is 7.88. The first-order valence-corrected chi connectivity index (χ1v) is 11.9. The van der Waals surface area contributed by atoms with E-state index in [1.807, 2.05) is 0 Å². The van der Waals surface area contributed by atoms with Gasteiger partial charge in [-0.3, -0.25) is 4.40 Å². The molecule has 3 aromatic heterocycles. The summed E-state index contributed by atoms with van der Waals surface area (Å²) >= 11 is 0. The molecule has 0 amide bonds. The Kier molecular flexibility index (Phi) is 5.99. The quantitative estimate of drug-likeness (QED) is 0.532. The summed E-state index contributed by atoms with van der Waals surface area (Å²) in [5.41, 5.74) is 0.676. The maximum Gasteiger partial charge on any atom is 0.281 e. The van der Waals surface area contributed by atoms with Gasteiger partial charge in [0.05, 0.1) is 36.0 Å². The number of hydrogen-bond donors (Lipinski definition) is 1. The van der Waals surface area contributed by atoms with E-state index in [2.05, 4.69) is 24.7 Å². The molecule has 0 aliphatic carbocycles. The van der Waals surface area contributed by atoms with Gasteiger partial charge in [-0.1, -0.05) is 6.92 Å². The van der Waals surface area contributed by atoms with Gasteiger partial charge in [0, 0.05) is 37.9 Å². The molecule has 178 valence electrons. The number of nitrogens with one attached hydrogen (secondary N) is 1. The van der Waals surface area contributed by atoms with Crippen LogP contribution in [0.5, 0.6) is 0 Å². The molecule has 2 unspecified atom stereocenters. The number of imidazole rings is 1. The fourth-order valence-corrected chi connectivity index (χ4v) is 4.29. The summed E-state index contributed by atoms with van der Waals surface area (Å²) in [6.45, 7) is 0.740. The molecule has 1 saturated heterocycles. The Labute approximate surface area is 186 Å². The average Bonchev–Trinajstić information content (AvgIpc) is 3.17. The molecule has 3 aromatic rings. The minimum Gasteiger partial charge on any atom is -0.340 e. The summed E-state index contributed by atoms with van der Waals surface area (Å²) in [4.78, 5) is 18.0. The number of fused-ring (bicyclic) bond motifs is 1. The number of alkyl halides is 4. The van der Waals surface area contributed by atoms with Crippen LogP contribution in [0.25, 0.3) is 17.0 Å². The van der Waals surface area contributed by atoms with Gasteiger partial charge in [0.15, 0.2) is 5.65 Å². The van der Waals surface area contributed by atoms with Crippen molar-refractivity contribution in [1.82, 2.24) is 29.1 Å². The second-order valence-corrected chi connectivity index (χ2v) is 9.86. The number of piperidine rings is 1. The lowest BCUT2D eigenvalue weighted by molar-refractivity contribution is -0.109. The van der Waals surface area contributed by atoms with Crippen LogP contribution < -0.4 is 9.62 Å². The number of rotatable bonds is 6. The molecular weight excluding hydrogens is 466 g/mol. The van der Waals surface area contributed by atoms with Gasteiger partial charge in [-0.05, 0) is 6.07 Å². The zero-order chi connectivity index (χ0) is 24.0. The first-order valence-electron chi connectivity index (χ1n) is 9.97. The Morgan fingerprint density at radius 2 is 1.97 bits per heavy atom. The lowest BCUT2D eigenvalue weighted by Crippen LogP contribution is -2.56. The Morgan fingerprint density at radius 3 is 2.67 bits per heavy atom. The number of sulfonamides is 1. The van der Waals surface area contributed by atoms with Gasteiger partial charge in [-0.15, -0.1) is 0 Å². The van der Waals surface area contributed by atoms with E-state index >= 15 is 0 Å². The smallest absolute Gasteiger partial charge is 0.281 e. The molecule has 33 heavy (non-hydrogen) atoms. The van der Waals surface area contributed by atoms with Crippen LogP contribution in [0.2, 0.25) is 0 Å². The number of halogens is 4. The van der Waals surface area contributed by atoms with Gasteiger partial charge in [0.1, 0.15) is 5.69 Å². The maximum atomic E-state index is 14.7. The van der Waals surface area contributed by atoms with Crippen LogP contribution in [0.3, 0.4) is 0 Å². The Hall–Kier alpha value is -2.87. The van der Waals surface area contributed by atoms with Gasteiger partial charge in [0.2, 0.25) is 16.0 Å². The number of nitrogens with zero attached hydrogens (tertiary/aromatic N) is 6. The molecule has 1 aliphatic heterocycles. The molecule has 1 aliphatic rings. The predicted octanol–water partition coefficient (Wildman–Crippen LogP) is 2.38. The highest BCUT2D eigenvalue weighted by Crippen LogP contribution is 2.38. The van der Waals surface area contributed by atoms with Crippen molar-refractivity contribution in [3.63, 3.8) is 0 Å². The summed E-state index contributed by atoms with van der Waals surface area (Å²) in [5.74, 6) is -5.30. The van der Waals surface area contributed by atoms with Crippen molar-refractivity contribution in [2.24, 2.45) is 11.8 Å². The van der Waals surface area contributed by atoms with Crippen molar-refractivity contribution in [2.45, 2.75) is 19.3 Å². The molecule has 0 radical (unpaired) electrons. The van der Waals surface area contributed by atoms with Crippen molar-refractivity contribution >= 4 is 21.6 Å². The van der Waals surface area contributed by atoms with Gasteiger partial charge in [-0.25, -0.2) is 50.6 Å². The van der Waals surface area contributed by atoms with Crippen molar-refractivity contribution < 1.29 is 26.0 Å². The van der Waals surface area contributed by atoms with Crippen molar-refractivity contribution in [3.05, 3.63) is 36.5 Å². The maximum absolute atomic E-state index is 14.7. The van der Waals surface area contributed by atoms with Crippen LogP contribution in [-0.4, -0.2) is 64.6 Å². The molecular formula is C19H21F4N7O2S. The largest absolute Gasteiger partial charge is 0.340 e. The SMILES string of the molecule is CC1CN(c2nccc(-c3cnc4cnc(C(F)F)cn34)n2)CC(CNS(C)(=O)=O)C1(F)F.